The molecule has 1 heterocycles. The van der Waals surface area contributed by atoms with Gasteiger partial charge >= 0.3 is 0 Å². The van der Waals surface area contributed by atoms with E-state index in [4.69, 9.17) is 9.47 Å². The van der Waals surface area contributed by atoms with Crippen molar-refractivity contribution in [2.24, 2.45) is 0 Å². The first-order valence-corrected chi connectivity index (χ1v) is 3.83. The number of ether oxygens (including phenoxy) is 2. The van der Waals surface area contributed by atoms with Gasteiger partial charge in [-0.1, -0.05) is 6.92 Å². The summed E-state index contributed by atoms with van der Waals surface area (Å²) in [4.78, 5) is 0. The van der Waals surface area contributed by atoms with Crippen molar-refractivity contribution in [3.63, 3.8) is 0 Å². The summed E-state index contributed by atoms with van der Waals surface area (Å²) in [6.45, 7) is 5.30. The van der Waals surface area contributed by atoms with Gasteiger partial charge in [-0.25, -0.2) is 0 Å². The molecule has 1 N–H and O–H groups in total. The van der Waals surface area contributed by atoms with Gasteiger partial charge in [0.25, 0.3) is 0 Å². The first kappa shape index (κ1) is 7.98. The molecule has 1 unspecified atom stereocenters. The van der Waals surface area contributed by atoms with Gasteiger partial charge in [-0.3, -0.25) is 5.32 Å². The zero-order valence-electron chi connectivity index (χ0n) is 6.43. The molecule has 0 aromatic rings. The van der Waals surface area contributed by atoms with Crippen molar-refractivity contribution in [3.8, 4) is 0 Å². The van der Waals surface area contributed by atoms with Gasteiger partial charge in [0.05, 0.1) is 19.4 Å². The first-order chi connectivity index (χ1) is 4.93. The molecule has 1 saturated heterocycles. The van der Waals surface area contributed by atoms with E-state index in [1.165, 1.54) is 0 Å². The highest BCUT2D eigenvalue weighted by molar-refractivity contribution is 4.64. The van der Waals surface area contributed by atoms with E-state index in [9.17, 15) is 0 Å². The number of hydrogen-bond acceptors (Lipinski definition) is 3. The first-order valence-electron chi connectivity index (χ1n) is 3.83. The lowest BCUT2D eigenvalue weighted by molar-refractivity contribution is 0.0213. The minimum absolute atomic E-state index is 0.284. The molecular weight excluding hydrogens is 130 g/mol. The van der Waals surface area contributed by atoms with E-state index >= 15 is 0 Å². The van der Waals surface area contributed by atoms with Crippen molar-refractivity contribution in [1.82, 2.24) is 5.32 Å². The molecule has 0 amide bonds. The summed E-state index contributed by atoms with van der Waals surface area (Å²) in [5.74, 6) is 0. The molecule has 0 bridgehead atoms. The van der Waals surface area contributed by atoms with Gasteiger partial charge in [-0.15, -0.1) is 0 Å². The lowest BCUT2D eigenvalue weighted by Crippen LogP contribution is -2.20. The van der Waals surface area contributed by atoms with Crippen LogP contribution in [0, 0.1) is 0 Å². The van der Waals surface area contributed by atoms with E-state index in [1.54, 1.807) is 0 Å². The Bertz CT molecular complexity index is 81.7. The van der Waals surface area contributed by atoms with Crippen LogP contribution in [0.3, 0.4) is 0 Å². The lowest BCUT2D eigenvalue weighted by atomic mass is 10.4. The van der Waals surface area contributed by atoms with Crippen LogP contribution in [0.25, 0.3) is 0 Å². The molecular formula is C7H15NO2. The van der Waals surface area contributed by atoms with Crippen LogP contribution in [0.15, 0.2) is 0 Å². The molecule has 0 saturated carbocycles. The highest BCUT2D eigenvalue weighted by atomic mass is 16.5. The Kier molecular flexibility index (Phi) is 3.72. The highest BCUT2D eigenvalue weighted by Gasteiger charge is 2.13. The van der Waals surface area contributed by atoms with Crippen molar-refractivity contribution in [2.45, 2.75) is 19.4 Å². The molecule has 10 heavy (non-hydrogen) atoms. The SMILES string of the molecule is CCCOCC1CNCO1. The Morgan fingerprint density at radius 3 is 3.20 bits per heavy atom. The number of rotatable bonds is 4. The monoisotopic (exact) mass is 145 g/mol. The highest BCUT2D eigenvalue weighted by Crippen LogP contribution is 1.97. The third-order valence-electron chi connectivity index (χ3n) is 1.45. The molecule has 1 fully saturated rings. The van der Waals surface area contributed by atoms with Gasteiger partial charge in [0, 0.05) is 13.2 Å². The summed E-state index contributed by atoms with van der Waals surface area (Å²) in [5.41, 5.74) is 0. The predicted octanol–water partition coefficient (Wildman–Crippen LogP) is 0.359. The summed E-state index contributed by atoms with van der Waals surface area (Å²) in [5, 5.41) is 3.10. The second-order valence-electron chi connectivity index (χ2n) is 2.46. The molecule has 1 rings (SSSR count). The maximum absolute atomic E-state index is 5.30. The number of nitrogens with one attached hydrogen (secondary N) is 1. The van der Waals surface area contributed by atoms with E-state index in [2.05, 4.69) is 12.2 Å². The van der Waals surface area contributed by atoms with E-state index in [-0.39, 0.29) is 6.10 Å². The quantitative estimate of drug-likeness (QED) is 0.579. The summed E-state index contributed by atoms with van der Waals surface area (Å²) in [7, 11) is 0. The smallest absolute Gasteiger partial charge is 0.0971 e. The molecule has 0 aromatic carbocycles. The van der Waals surface area contributed by atoms with Crippen LogP contribution in [0.2, 0.25) is 0 Å². The maximum Gasteiger partial charge on any atom is 0.0971 e. The minimum atomic E-state index is 0.284. The molecule has 1 aliphatic heterocycles. The summed E-state index contributed by atoms with van der Waals surface area (Å²) in [6.07, 6.45) is 1.37. The Balaban J connectivity index is 1.91. The van der Waals surface area contributed by atoms with Crippen LogP contribution in [-0.2, 0) is 9.47 Å². The van der Waals surface area contributed by atoms with E-state index in [1.807, 2.05) is 0 Å². The third kappa shape index (κ3) is 2.64. The van der Waals surface area contributed by atoms with E-state index in [0.717, 1.165) is 26.2 Å². The Labute approximate surface area is 61.7 Å². The van der Waals surface area contributed by atoms with Crippen LogP contribution in [0.4, 0.5) is 0 Å². The minimum Gasteiger partial charge on any atom is -0.379 e. The lowest BCUT2D eigenvalue weighted by Gasteiger charge is -2.07. The largest absolute Gasteiger partial charge is 0.379 e. The van der Waals surface area contributed by atoms with Crippen molar-refractivity contribution in [1.29, 1.82) is 0 Å². The Hall–Kier alpha value is -0.120. The van der Waals surface area contributed by atoms with E-state index < -0.39 is 0 Å². The molecule has 3 nitrogen and oxygen atoms in total. The molecule has 1 aliphatic rings. The molecule has 60 valence electrons. The standard InChI is InChI=1S/C7H15NO2/c1-2-3-9-5-7-4-8-6-10-7/h7-8H,2-6H2,1H3. The second-order valence-corrected chi connectivity index (χ2v) is 2.46. The topological polar surface area (TPSA) is 30.5 Å². The van der Waals surface area contributed by atoms with Crippen LogP contribution < -0.4 is 5.32 Å². The van der Waals surface area contributed by atoms with Crippen molar-refractivity contribution in [2.75, 3.05) is 26.5 Å². The van der Waals surface area contributed by atoms with Gasteiger partial charge in [0.1, 0.15) is 0 Å². The second kappa shape index (κ2) is 4.66. The van der Waals surface area contributed by atoms with Crippen molar-refractivity contribution in [3.05, 3.63) is 0 Å². The maximum atomic E-state index is 5.30. The van der Waals surface area contributed by atoms with Gasteiger partial charge < -0.3 is 9.47 Å². The van der Waals surface area contributed by atoms with Gasteiger partial charge in [0.2, 0.25) is 0 Å². The average Bonchev–Trinajstić information content (AvgIpc) is 2.41. The molecule has 1 atom stereocenters. The Morgan fingerprint density at radius 1 is 1.70 bits per heavy atom. The van der Waals surface area contributed by atoms with E-state index in [0.29, 0.717) is 6.73 Å². The zero-order valence-corrected chi connectivity index (χ0v) is 6.43. The summed E-state index contributed by atoms with van der Waals surface area (Å²) < 4.78 is 10.6. The normalized spacial score (nSPS) is 25.5. The van der Waals surface area contributed by atoms with Crippen LogP contribution in [0.1, 0.15) is 13.3 Å². The average molecular weight is 145 g/mol. The fourth-order valence-corrected chi connectivity index (χ4v) is 0.922. The van der Waals surface area contributed by atoms with Gasteiger partial charge in [-0.05, 0) is 6.42 Å². The summed E-state index contributed by atoms with van der Waals surface area (Å²) in [6, 6.07) is 0. The van der Waals surface area contributed by atoms with Gasteiger partial charge in [0.15, 0.2) is 0 Å². The van der Waals surface area contributed by atoms with Crippen LogP contribution >= 0.6 is 0 Å². The fraction of sp³-hybridized carbons (Fsp3) is 1.00. The third-order valence-corrected chi connectivity index (χ3v) is 1.45. The molecule has 3 heteroatoms. The van der Waals surface area contributed by atoms with Crippen molar-refractivity contribution < 1.29 is 9.47 Å². The predicted molar refractivity (Wildman–Crippen MR) is 38.9 cm³/mol. The van der Waals surface area contributed by atoms with Crippen LogP contribution in [-0.4, -0.2) is 32.6 Å². The Morgan fingerprint density at radius 2 is 2.60 bits per heavy atom. The zero-order chi connectivity index (χ0) is 7.23. The molecule has 0 radical (unpaired) electrons. The van der Waals surface area contributed by atoms with Gasteiger partial charge in [-0.2, -0.15) is 0 Å². The van der Waals surface area contributed by atoms with Crippen molar-refractivity contribution >= 4 is 0 Å². The number of hydrogen-bond donors (Lipinski definition) is 1. The van der Waals surface area contributed by atoms with Crippen LogP contribution in [0.5, 0.6) is 0 Å². The molecule has 0 aliphatic carbocycles. The molecule has 0 spiro atoms. The fourth-order valence-electron chi connectivity index (χ4n) is 0.922. The molecule has 0 aromatic heterocycles. The summed E-state index contributed by atoms with van der Waals surface area (Å²) >= 11 is 0.